The van der Waals surface area contributed by atoms with Gasteiger partial charge in [0.1, 0.15) is 6.07 Å². The molecule has 6 heteroatoms. The summed E-state index contributed by atoms with van der Waals surface area (Å²) >= 11 is 0. The van der Waals surface area contributed by atoms with Crippen LogP contribution in [-0.4, -0.2) is 37.5 Å². The number of hydrogen-bond donors (Lipinski definition) is 0. The second-order valence-corrected chi connectivity index (χ2v) is 7.53. The summed E-state index contributed by atoms with van der Waals surface area (Å²) in [5.41, 5.74) is 2.09. The summed E-state index contributed by atoms with van der Waals surface area (Å²) in [6.45, 7) is 2.29. The first-order valence-electron chi connectivity index (χ1n) is 6.77. The Balaban J connectivity index is 2.18. The summed E-state index contributed by atoms with van der Waals surface area (Å²) in [6.07, 6.45) is 1.56. The number of anilines is 1. The summed E-state index contributed by atoms with van der Waals surface area (Å²) in [5.74, 6) is 0.243. The van der Waals surface area contributed by atoms with Gasteiger partial charge in [0, 0.05) is 24.2 Å². The second-order valence-electron chi connectivity index (χ2n) is 5.31. The van der Waals surface area contributed by atoms with E-state index in [0.29, 0.717) is 12.1 Å². The monoisotopic (exact) mass is 301 g/mol. The predicted octanol–water partition coefficient (Wildman–Crippen LogP) is 1.73. The largest absolute Gasteiger partial charge is 0.365 e. The molecular formula is C15H15N3O2S. The minimum absolute atomic E-state index is 0.120. The van der Waals surface area contributed by atoms with Crippen molar-refractivity contribution < 1.29 is 8.42 Å². The van der Waals surface area contributed by atoms with E-state index in [9.17, 15) is 13.7 Å². The third kappa shape index (κ3) is 2.45. The third-order valence-electron chi connectivity index (χ3n) is 3.83. The smallest absolute Gasteiger partial charge is 0.154 e. The van der Waals surface area contributed by atoms with E-state index in [2.05, 4.69) is 11.1 Å². The van der Waals surface area contributed by atoms with E-state index >= 15 is 0 Å². The zero-order chi connectivity index (χ0) is 15.0. The fourth-order valence-electron chi connectivity index (χ4n) is 2.85. The Morgan fingerprint density at radius 3 is 2.86 bits per heavy atom. The van der Waals surface area contributed by atoms with E-state index in [4.69, 9.17) is 0 Å². The molecule has 1 saturated heterocycles. The molecule has 2 aromatic rings. The number of nitrogens with zero attached hydrogens (tertiary/aromatic N) is 3. The van der Waals surface area contributed by atoms with Crippen LogP contribution in [-0.2, 0) is 9.84 Å². The molecule has 0 radical (unpaired) electrons. The lowest BCUT2D eigenvalue weighted by Crippen LogP contribution is -2.47. The van der Waals surface area contributed by atoms with Gasteiger partial charge in [-0.3, -0.25) is 4.98 Å². The molecule has 1 atom stereocenters. The third-order valence-corrected chi connectivity index (χ3v) is 5.62. The summed E-state index contributed by atoms with van der Waals surface area (Å²) in [5, 5.41) is 10.3. The number of hydrogen-bond acceptors (Lipinski definition) is 5. The normalized spacial score (nSPS) is 21.1. The molecular weight excluding hydrogens is 286 g/mol. The Morgan fingerprint density at radius 2 is 2.14 bits per heavy atom. The maximum absolute atomic E-state index is 11.8. The molecule has 1 aliphatic rings. The van der Waals surface area contributed by atoms with Crippen molar-refractivity contribution in [3.8, 4) is 6.07 Å². The molecule has 5 nitrogen and oxygen atoms in total. The second kappa shape index (κ2) is 5.01. The first-order chi connectivity index (χ1) is 10.0. The Labute approximate surface area is 123 Å². The van der Waals surface area contributed by atoms with Crippen LogP contribution in [0.4, 0.5) is 5.69 Å². The Kier molecular flexibility index (Phi) is 3.30. The summed E-state index contributed by atoms with van der Waals surface area (Å²) in [6, 6.07) is 9.64. The maximum atomic E-state index is 11.8. The van der Waals surface area contributed by atoms with E-state index < -0.39 is 9.84 Å². The molecule has 108 valence electrons. The van der Waals surface area contributed by atoms with Crippen LogP contribution in [0.3, 0.4) is 0 Å². The van der Waals surface area contributed by atoms with Crippen molar-refractivity contribution in [2.75, 3.05) is 23.0 Å². The topological polar surface area (TPSA) is 74.1 Å². The minimum atomic E-state index is -2.99. The molecule has 1 aromatic carbocycles. The molecule has 0 saturated carbocycles. The Morgan fingerprint density at radius 1 is 1.38 bits per heavy atom. The molecule has 1 fully saturated rings. The molecule has 0 aliphatic carbocycles. The predicted molar refractivity (Wildman–Crippen MR) is 81.9 cm³/mol. The fourth-order valence-corrected chi connectivity index (χ4v) is 4.41. The lowest BCUT2D eigenvalue weighted by atomic mass is 10.1. The Hall–Kier alpha value is -2.13. The van der Waals surface area contributed by atoms with E-state index in [1.165, 1.54) is 0 Å². The first kappa shape index (κ1) is 13.8. The summed E-state index contributed by atoms with van der Waals surface area (Å²) in [7, 11) is -2.99. The first-order valence-corrected chi connectivity index (χ1v) is 8.59. The fraction of sp³-hybridized carbons (Fsp3) is 0.333. The molecule has 0 bridgehead atoms. The van der Waals surface area contributed by atoms with Crippen LogP contribution in [0, 0.1) is 11.3 Å². The SMILES string of the molecule is CC1CS(=O)(=O)CCN1c1c(C#N)cnc2ccccc12. The van der Waals surface area contributed by atoms with Crippen molar-refractivity contribution in [2.24, 2.45) is 0 Å². The molecule has 1 aliphatic heterocycles. The highest BCUT2D eigenvalue weighted by Gasteiger charge is 2.30. The summed E-state index contributed by atoms with van der Waals surface area (Å²) < 4.78 is 23.5. The number of para-hydroxylation sites is 1. The zero-order valence-electron chi connectivity index (χ0n) is 11.7. The molecule has 0 amide bonds. The van der Waals surface area contributed by atoms with Crippen LogP contribution in [0.15, 0.2) is 30.5 Å². The van der Waals surface area contributed by atoms with Crippen LogP contribution in [0.25, 0.3) is 10.9 Å². The number of nitriles is 1. The molecule has 1 unspecified atom stereocenters. The van der Waals surface area contributed by atoms with Crippen molar-refractivity contribution in [1.29, 1.82) is 5.26 Å². The minimum Gasteiger partial charge on any atom is -0.365 e. The lowest BCUT2D eigenvalue weighted by molar-refractivity contribution is 0.568. The molecule has 3 rings (SSSR count). The van der Waals surface area contributed by atoms with Crippen LogP contribution in [0.1, 0.15) is 12.5 Å². The van der Waals surface area contributed by atoms with Gasteiger partial charge in [0.15, 0.2) is 9.84 Å². The standard InChI is InChI=1S/C15H15N3O2S/c1-11-10-21(19,20)7-6-18(11)15-12(8-16)9-17-14-5-3-2-4-13(14)15/h2-5,9,11H,6-7,10H2,1H3. The number of rotatable bonds is 1. The molecule has 21 heavy (non-hydrogen) atoms. The number of pyridine rings is 1. The van der Waals surface area contributed by atoms with Crippen molar-refractivity contribution >= 4 is 26.4 Å². The van der Waals surface area contributed by atoms with Gasteiger partial charge in [0.2, 0.25) is 0 Å². The van der Waals surface area contributed by atoms with E-state index in [-0.39, 0.29) is 17.5 Å². The van der Waals surface area contributed by atoms with Crippen LogP contribution in [0.2, 0.25) is 0 Å². The molecule has 1 aromatic heterocycles. The van der Waals surface area contributed by atoms with Crippen LogP contribution < -0.4 is 4.90 Å². The zero-order valence-corrected chi connectivity index (χ0v) is 12.5. The highest BCUT2D eigenvalue weighted by atomic mass is 32.2. The lowest BCUT2D eigenvalue weighted by Gasteiger charge is -2.36. The maximum Gasteiger partial charge on any atom is 0.154 e. The van der Waals surface area contributed by atoms with E-state index in [0.717, 1.165) is 16.6 Å². The van der Waals surface area contributed by atoms with Gasteiger partial charge < -0.3 is 4.90 Å². The van der Waals surface area contributed by atoms with Gasteiger partial charge in [0.05, 0.1) is 28.3 Å². The highest BCUT2D eigenvalue weighted by Crippen LogP contribution is 2.32. The average Bonchev–Trinajstić information content (AvgIpc) is 2.46. The molecule has 0 spiro atoms. The van der Waals surface area contributed by atoms with E-state index in [1.54, 1.807) is 6.20 Å². The van der Waals surface area contributed by atoms with E-state index in [1.807, 2.05) is 36.1 Å². The molecule has 0 N–H and O–H groups in total. The summed E-state index contributed by atoms with van der Waals surface area (Å²) in [4.78, 5) is 6.31. The highest BCUT2D eigenvalue weighted by molar-refractivity contribution is 7.91. The van der Waals surface area contributed by atoms with Crippen molar-refractivity contribution in [3.63, 3.8) is 0 Å². The van der Waals surface area contributed by atoms with Crippen LogP contribution >= 0.6 is 0 Å². The van der Waals surface area contributed by atoms with Gasteiger partial charge in [-0.2, -0.15) is 5.26 Å². The van der Waals surface area contributed by atoms with Gasteiger partial charge in [0.25, 0.3) is 0 Å². The van der Waals surface area contributed by atoms with Gasteiger partial charge in [-0.05, 0) is 13.0 Å². The number of sulfone groups is 1. The van der Waals surface area contributed by atoms with Gasteiger partial charge in [-0.15, -0.1) is 0 Å². The quantitative estimate of drug-likeness (QED) is 0.802. The van der Waals surface area contributed by atoms with Gasteiger partial charge >= 0.3 is 0 Å². The van der Waals surface area contributed by atoms with Crippen molar-refractivity contribution in [3.05, 3.63) is 36.0 Å². The van der Waals surface area contributed by atoms with Crippen molar-refractivity contribution in [1.82, 2.24) is 4.98 Å². The van der Waals surface area contributed by atoms with Crippen molar-refractivity contribution in [2.45, 2.75) is 13.0 Å². The average molecular weight is 301 g/mol. The number of aromatic nitrogens is 1. The van der Waals surface area contributed by atoms with Gasteiger partial charge in [-0.25, -0.2) is 8.42 Å². The number of fused-ring (bicyclic) bond motifs is 1. The molecule has 2 heterocycles. The van der Waals surface area contributed by atoms with Crippen LogP contribution in [0.5, 0.6) is 0 Å². The Bertz CT molecular complexity index is 840. The number of benzene rings is 1. The van der Waals surface area contributed by atoms with Gasteiger partial charge in [-0.1, -0.05) is 18.2 Å².